The molecule has 1 N–H and O–H groups in total. The largest absolute Gasteiger partial charge is 0.384 e. The highest BCUT2D eigenvalue weighted by atomic mass is 32.1. The maximum absolute atomic E-state index is 8.73. The van der Waals surface area contributed by atoms with E-state index in [0.717, 1.165) is 38.0 Å². The van der Waals surface area contributed by atoms with Crippen LogP contribution >= 0.6 is 11.3 Å². The van der Waals surface area contributed by atoms with Gasteiger partial charge in [-0.2, -0.15) is 0 Å². The van der Waals surface area contributed by atoms with Gasteiger partial charge in [-0.05, 0) is 30.0 Å². The molecule has 0 spiro atoms. The monoisotopic (exact) mass is 297 g/mol. The molecule has 0 saturated heterocycles. The van der Waals surface area contributed by atoms with Crippen LogP contribution in [0.5, 0.6) is 0 Å². The van der Waals surface area contributed by atoms with Crippen molar-refractivity contribution in [2.45, 2.75) is 19.4 Å². The van der Waals surface area contributed by atoms with E-state index in [-0.39, 0.29) is 6.61 Å². The number of thiophene rings is 1. The maximum atomic E-state index is 8.73. The first kappa shape index (κ1) is 14.3. The molecule has 1 aliphatic rings. The minimum atomic E-state index is -0.0738. The molecule has 2 nitrogen and oxygen atoms in total. The van der Waals surface area contributed by atoms with Gasteiger partial charge in [0.1, 0.15) is 6.61 Å². The summed E-state index contributed by atoms with van der Waals surface area (Å²) in [6.07, 6.45) is 2.28. The van der Waals surface area contributed by atoms with Gasteiger partial charge in [0.15, 0.2) is 0 Å². The Morgan fingerprint density at radius 1 is 1.14 bits per heavy atom. The van der Waals surface area contributed by atoms with Gasteiger partial charge in [-0.1, -0.05) is 36.1 Å². The highest BCUT2D eigenvalue weighted by Crippen LogP contribution is 2.20. The third-order valence-electron chi connectivity index (χ3n) is 3.86. The van der Waals surface area contributed by atoms with E-state index in [1.165, 1.54) is 16.0 Å². The molecule has 1 aliphatic heterocycles. The van der Waals surface area contributed by atoms with Gasteiger partial charge in [0.05, 0.1) is 0 Å². The molecule has 0 atom stereocenters. The van der Waals surface area contributed by atoms with Gasteiger partial charge in [0, 0.05) is 35.5 Å². The lowest BCUT2D eigenvalue weighted by Crippen LogP contribution is -2.25. The van der Waals surface area contributed by atoms with Crippen molar-refractivity contribution in [1.29, 1.82) is 0 Å². The van der Waals surface area contributed by atoms with Gasteiger partial charge in [-0.15, -0.1) is 11.3 Å². The van der Waals surface area contributed by atoms with Gasteiger partial charge in [0.25, 0.3) is 0 Å². The molecule has 0 aliphatic carbocycles. The van der Waals surface area contributed by atoms with Crippen molar-refractivity contribution in [2.75, 3.05) is 19.7 Å². The summed E-state index contributed by atoms with van der Waals surface area (Å²) in [5, 5.41) is 10.8. The number of aliphatic hydroxyl groups is 1. The highest BCUT2D eigenvalue weighted by Gasteiger charge is 2.14. The Bertz CT molecular complexity index is 638. The Morgan fingerprint density at radius 2 is 1.86 bits per heavy atom. The van der Waals surface area contributed by atoms with E-state index in [1.54, 1.807) is 11.3 Å². The summed E-state index contributed by atoms with van der Waals surface area (Å²) in [5.41, 5.74) is 4.02. The second kappa shape index (κ2) is 6.91. The van der Waals surface area contributed by atoms with Crippen LogP contribution in [0.1, 0.15) is 21.6 Å². The summed E-state index contributed by atoms with van der Waals surface area (Å²) < 4.78 is 0. The second-order valence-corrected chi connectivity index (χ2v) is 6.30. The molecule has 108 valence electrons. The van der Waals surface area contributed by atoms with Crippen molar-refractivity contribution < 1.29 is 5.11 Å². The number of benzene rings is 1. The average Bonchev–Trinajstić information content (AvgIpc) is 2.86. The van der Waals surface area contributed by atoms with Gasteiger partial charge in [-0.25, -0.2) is 0 Å². The molecule has 0 fully saturated rings. The molecule has 1 aromatic heterocycles. The topological polar surface area (TPSA) is 23.5 Å². The molecule has 21 heavy (non-hydrogen) atoms. The van der Waals surface area contributed by atoms with Crippen LogP contribution in [-0.4, -0.2) is 29.7 Å². The van der Waals surface area contributed by atoms with Crippen LogP contribution in [0.3, 0.4) is 0 Å². The number of hydrogen-bond acceptors (Lipinski definition) is 3. The zero-order chi connectivity index (χ0) is 14.5. The number of nitrogens with zero attached hydrogens (tertiary/aromatic N) is 1. The van der Waals surface area contributed by atoms with E-state index < -0.39 is 0 Å². The Hall–Kier alpha value is -1.60. The molecule has 3 heteroatoms. The zero-order valence-corrected chi connectivity index (χ0v) is 12.8. The van der Waals surface area contributed by atoms with Crippen LogP contribution in [0.4, 0.5) is 0 Å². The summed E-state index contributed by atoms with van der Waals surface area (Å²) in [7, 11) is 0. The van der Waals surface area contributed by atoms with Crippen molar-refractivity contribution in [3.05, 3.63) is 57.3 Å². The lowest BCUT2D eigenvalue weighted by atomic mass is 10.0. The smallest absolute Gasteiger partial charge is 0.104 e. The summed E-state index contributed by atoms with van der Waals surface area (Å²) in [6.45, 7) is 3.16. The average molecular weight is 297 g/mol. The molecular weight excluding hydrogens is 278 g/mol. The molecule has 0 saturated carbocycles. The summed E-state index contributed by atoms with van der Waals surface area (Å²) >= 11 is 1.76. The quantitative estimate of drug-likeness (QED) is 0.862. The van der Waals surface area contributed by atoms with Crippen LogP contribution in [0.25, 0.3) is 0 Å². The van der Waals surface area contributed by atoms with Crippen LogP contribution in [0, 0.1) is 11.8 Å². The maximum Gasteiger partial charge on any atom is 0.104 e. The summed E-state index contributed by atoms with van der Waals surface area (Å²) in [4.78, 5) is 3.87. The summed E-state index contributed by atoms with van der Waals surface area (Å²) in [5.74, 6) is 5.67. The minimum Gasteiger partial charge on any atom is -0.384 e. The lowest BCUT2D eigenvalue weighted by Gasteiger charge is -2.18. The second-order valence-electron chi connectivity index (χ2n) is 5.31. The van der Waals surface area contributed by atoms with Crippen molar-refractivity contribution >= 4 is 11.3 Å². The number of hydrogen-bond donors (Lipinski definition) is 1. The molecule has 0 amide bonds. The Balaban J connectivity index is 1.63. The van der Waals surface area contributed by atoms with E-state index in [1.807, 2.05) is 0 Å². The van der Waals surface area contributed by atoms with Crippen LogP contribution in [0.2, 0.25) is 0 Å². The van der Waals surface area contributed by atoms with Crippen molar-refractivity contribution in [1.82, 2.24) is 4.90 Å². The van der Waals surface area contributed by atoms with Gasteiger partial charge < -0.3 is 5.11 Å². The fourth-order valence-corrected chi connectivity index (χ4v) is 3.62. The zero-order valence-electron chi connectivity index (χ0n) is 12.0. The Labute approximate surface area is 130 Å². The van der Waals surface area contributed by atoms with E-state index in [9.17, 15) is 0 Å². The Morgan fingerprint density at radius 3 is 2.52 bits per heavy atom. The van der Waals surface area contributed by atoms with E-state index in [0.29, 0.717) is 0 Å². The lowest BCUT2D eigenvalue weighted by molar-refractivity contribution is 0.282. The third kappa shape index (κ3) is 3.74. The third-order valence-corrected chi connectivity index (χ3v) is 4.78. The first-order valence-corrected chi connectivity index (χ1v) is 8.19. The number of rotatable bonds is 2. The molecule has 2 heterocycles. The number of aliphatic hydroxyl groups excluding tert-OH is 1. The van der Waals surface area contributed by atoms with E-state index in [4.69, 9.17) is 5.11 Å². The van der Waals surface area contributed by atoms with E-state index in [2.05, 4.69) is 52.5 Å². The molecule has 1 aromatic carbocycles. The van der Waals surface area contributed by atoms with Gasteiger partial charge in [-0.3, -0.25) is 4.90 Å². The molecule has 0 radical (unpaired) electrons. The SMILES string of the molecule is OCC#Cc1csc(CN2CCc3ccccc3CC2)c1. The predicted molar refractivity (Wildman–Crippen MR) is 87.4 cm³/mol. The predicted octanol–water partition coefficient (Wildman–Crippen LogP) is 2.69. The minimum absolute atomic E-state index is 0.0738. The molecular formula is C18H19NOS. The first-order valence-electron chi connectivity index (χ1n) is 7.31. The standard InChI is InChI=1S/C18H19NOS/c20-11-3-4-15-12-18(21-14-15)13-19-9-7-16-5-1-2-6-17(16)8-10-19/h1-2,5-6,12,14,20H,7-11,13H2. The Kier molecular flexibility index (Phi) is 4.72. The normalized spacial score (nSPS) is 14.9. The molecule has 3 rings (SSSR count). The fraction of sp³-hybridized carbons (Fsp3) is 0.333. The van der Waals surface area contributed by atoms with Crippen molar-refractivity contribution in [2.24, 2.45) is 0 Å². The van der Waals surface area contributed by atoms with Gasteiger partial charge >= 0.3 is 0 Å². The van der Waals surface area contributed by atoms with Crippen LogP contribution in [0.15, 0.2) is 35.7 Å². The fourth-order valence-electron chi connectivity index (χ4n) is 2.76. The van der Waals surface area contributed by atoms with Crippen LogP contribution < -0.4 is 0 Å². The highest BCUT2D eigenvalue weighted by molar-refractivity contribution is 7.10. The van der Waals surface area contributed by atoms with Crippen LogP contribution in [-0.2, 0) is 19.4 Å². The molecule has 2 aromatic rings. The van der Waals surface area contributed by atoms with Gasteiger partial charge in [0.2, 0.25) is 0 Å². The van der Waals surface area contributed by atoms with E-state index >= 15 is 0 Å². The summed E-state index contributed by atoms with van der Waals surface area (Å²) in [6, 6.07) is 10.9. The van der Waals surface area contributed by atoms with Crippen molar-refractivity contribution in [3.63, 3.8) is 0 Å². The molecule has 0 unspecified atom stereocenters. The molecule has 0 bridgehead atoms. The van der Waals surface area contributed by atoms with Crippen molar-refractivity contribution in [3.8, 4) is 11.8 Å². The first-order chi connectivity index (χ1) is 10.3. The number of fused-ring (bicyclic) bond motifs is 1.